The maximum atomic E-state index is 12.0. The van der Waals surface area contributed by atoms with Crippen molar-refractivity contribution in [3.8, 4) is 0 Å². The van der Waals surface area contributed by atoms with Crippen LogP contribution in [0, 0.1) is 0 Å². The molecule has 0 fully saturated rings. The lowest BCUT2D eigenvalue weighted by Gasteiger charge is -2.05. The van der Waals surface area contributed by atoms with Gasteiger partial charge in [0.05, 0.1) is 10.6 Å². The van der Waals surface area contributed by atoms with Crippen molar-refractivity contribution in [2.45, 2.75) is 22.2 Å². The van der Waals surface area contributed by atoms with Crippen LogP contribution in [0.5, 0.6) is 0 Å². The van der Waals surface area contributed by atoms with E-state index in [1.807, 2.05) is 30.3 Å². The molecule has 158 valence electrons. The molecular formula is C19H21N5O3S3. The van der Waals surface area contributed by atoms with Crippen molar-refractivity contribution in [1.82, 2.24) is 15.5 Å². The third-order valence-electron chi connectivity index (χ3n) is 4.01. The molecule has 30 heavy (non-hydrogen) atoms. The number of nitrogens with two attached hydrogens (primary N) is 1. The van der Waals surface area contributed by atoms with Gasteiger partial charge in [0.1, 0.15) is 0 Å². The Kier molecular flexibility index (Phi) is 7.80. The number of carbonyl (C=O) groups excluding carboxylic acids is 1. The maximum Gasteiger partial charge on any atom is 0.238 e. The molecule has 1 heterocycles. The summed E-state index contributed by atoms with van der Waals surface area (Å²) >= 11 is 2.74. The second-order valence-electron chi connectivity index (χ2n) is 6.29. The molecule has 0 unspecified atom stereocenters. The molecule has 0 spiro atoms. The zero-order chi connectivity index (χ0) is 21.4. The minimum atomic E-state index is -3.69. The first-order chi connectivity index (χ1) is 14.4. The summed E-state index contributed by atoms with van der Waals surface area (Å²) < 4.78 is 23.2. The number of hydrogen-bond acceptors (Lipinski definition) is 8. The number of benzene rings is 2. The second kappa shape index (κ2) is 10.5. The van der Waals surface area contributed by atoms with Crippen LogP contribution in [0.2, 0.25) is 0 Å². The summed E-state index contributed by atoms with van der Waals surface area (Å²) in [4.78, 5) is 12.1. The van der Waals surface area contributed by atoms with Crippen LogP contribution in [-0.4, -0.2) is 36.8 Å². The third kappa shape index (κ3) is 7.10. The van der Waals surface area contributed by atoms with Crippen LogP contribution in [0.1, 0.15) is 11.1 Å². The van der Waals surface area contributed by atoms with Crippen molar-refractivity contribution in [3.05, 3.63) is 65.7 Å². The molecule has 0 aliphatic heterocycles. The molecule has 2 aromatic carbocycles. The standard InChI is InChI=1S/C19H21N5O3S3/c20-30(26,27)16-8-6-14(7-9-16)10-11-21-17(25)13-28-19-24-23-18(29-19)22-12-15-4-2-1-3-5-15/h1-9H,10-13H2,(H,21,25)(H,22,23)(H2,20,26,27). The van der Waals surface area contributed by atoms with Crippen LogP contribution in [-0.2, 0) is 27.8 Å². The molecule has 3 rings (SSSR count). The van der Waals surface area contributed by atoms with E-state index in [-0.39, 0.29) is 16.6 Å². The summed E-state index contributed by atoms with van der Waals surface area (Å²) in [5.74, 6) is 0.146. The topological polar surface area (TPSA) is 127 Å². The molecule has 0 saturated carbocycles. The SMILES string of the molecule is NS(=O)(=O)c1ccc(CCNC(=O)CSc2nnc(NCc3ccccc3)s2)cc1. The number of nitrogens with zero attached hydrogens (tertiary/aromatic N) is 2. The average molecular weight is 464 g/mol. The fourth-order valence-electron chi connectivity index (χ4n) is 2.48. The van der Waals surface area contributed by atoms with Gasteiger partial charge >= 0.3 is 0 Å². The first-order valence-corrected chi connectivity index (χ1v) is 12.4. The van der Waals surface area contributed by atoms with E-state index < -0.39 is 10.0 Å². The van der Waals surface area contributed by atoms with Gasteiger partial charge in [0.25, 0.3) is 0 Å². The third-order valence-corrected chi connectivity index (χ3v) is 6.95. The van der Waals surface area contributed by atoms with Crippen molar-refractivity contribution in [2.75, 3.05) is 17.6 Å². The highest BCUT2D eigenvalue weighted by molar-refractivity contribution is 8.01. The van der Waals surface area contributed by atoms with Crippen molar-refractivity contribution < 1.29 is 13.2 Å². The van der Waals surface area contributed by atoms with Crippen molar-refractivity contribution in [3.63, 3.8) is 0 Å². The Morgan fingerprint density at radius 3 is 2.47 bits per heavy atom. The van der Waals surface area contributed by atoms with Gasteiger partial charge in [-0.1, -0.05) is 65.6 Å². The van der Waals surface area contributed by atoms with E-state index in [2.05, 4.69) is 20.8 Å². The number of hydrogen-bond donors (Lipinski definition) is 3. The van der Waals surface area contributed by atoms with Gasteiger partial charge < -0.3 is 10.6 Å². The zero-order valence-electron chi connectivity index (χ0n) is 15.9. The fraction of sp³-hybridized carbons (Fsp3) is 0.211. The van der Waals surface area contributed by atoms with Crippen molar-refractivity contribution in [2.24, 2.45) is 5.14 Å². The smallest absolute Gasteiger partial charge is 0.238 e. The Morgan fingerprint density at radius 2 is 1.77 bits per heavy atom. The molecule has 0 aliphatic rings. The molecule has 11 heteroatoms. The number of aromatic nitrogens is 2. The maximum absolute atomic E-state index is 12.0. The Morgan fingerprint density at radius 1 is 1.03 bits per heavy atom. The number of sulfonamides is 1. The van der Waals surface area contributed by atoms with Gasteiger partial charge in [0.15, 0.2) is 4.34 Å². The first kappa shape index (κ1) is 22.2. The molecule has 4 N–H and O–H groups in total. The predicted molar refractivity (Wildman–Crippen MR) is 119 cm³/mol. The van der Waals surface area contributed by atoms with E-state index in [0.29, 0.717) is 24.6 Å². The van der Waals surface area contributed by atoms with Gasteiger partial charge in [0.2, 0.25) is 21.1 Å². The number of amides is 1. The molecule has 3 aromatic rings. The van der Waals surface area contributed by atoms with Crippen LogP contribution in [0.4, 0.5) is 5.13 Å². The van der Waals surface area contributed by atoms with E-state index in [0.717, 1.165) is 15.5 Å². The second-order valence-corrected chi connectivity index (χ2v) is 10.1. The highest BCUT2D eigenvalue weighted by Gasteiger charge is 2.09. The van der Waals surface area contributed by atoms with Crippen LogP contribution in [0.25, 0.3) is 0 Å². The highest BCUT2D eigenvalue weighted by Crippen LogP contribution is 2.25. The summed E-state index contributed by atoms with van der Waals surface area (Å²) in [5.41, 5.74) is 2.06. The van der Waals surface area contributed by atoms with E-state index in [9.17, 15) is 13.2 Å². The molecule has 0 aliphatic carbocycles. The molecule has 0 saturated heterocycles. The molecular weight excluding hydrogens is 442 g/mol. The number of nitrogens with one attached hydrogen (secondary N) is 2. The lowest BCUT2D eigenvalue weighted by molar-refractivity contribution is -0.118. The van der Waals surface area contributed by atoms with Crippen LogP contribution < -0.4 is 15.8 Å². The predicted octanol–water partition coefficient (Wildman–Crippen LogP) is 2.25. The molecule has 8 nitrogen and oxygen atoms in total. The Hall–Kier alpha value is -2.47. The van der Waals surface area contributed by atoms with Gasteiger partial charge in [-0.25, -0.2) is 13.6 Å². The normalized spacial score (nSPS) is 11.2. The molecule has 1 amide bonds. The molecule has 0 radical (unpaired) electrons. The lowest BCUT2D eigenvalue weighted by atomic mass is 10.1. The van der Waals surface area contributed by atoms with E-state index in [1.54, 1.807) is 12.1 Å². The van der Waals surface area contributed by atoms with Gasteiger partial charge in [-0.05, 0) is 29.7 Å². The minimum Gasteiger partial charge on any atom is -0.356 e. The molecule has 1 aromatic heterocycles. The lowest BCUT2D eigenvalue weighted by Crippen LogP contribution is -2.27. The van der Waals surface area contributed by atoms with E-state index >= 15 is 0 Å². The van der Waals surface area contributed by atoms with Gasteiger partial charge in [0, 0.05) is 13.1 Å². The van der Waals surface area contributed by atoms with Gasteiger partial charge in [-0.15, -0.1) is 10.2 Å². The van der Waals surface area contributed by atoms with E-state index in [4.69, 9.17) is 5.14 Å². The number of carbonyl (C=O) groups is 1. The summed E-state index contributed by atoms with van der Waals surface area (Å²) in [7, 11) is -3.69. The van der Waals surface area contributed by atoms with Crippen LogP contribution in [0.3, 0.4) is 0 Å². The largest absolute Gasteiger partial charge is 0.356 e. The number of anilines is 1. The van der Waals surface area contributed by atoms with Crippen molar-refractivity contribution >= 4 is 44.2 Å². The number of thioether (sulfide) groups is 1. The Bertz CT molecular complexity index is 1070. The summed E-state index contributed by atoms with van der Waals surface area (Å²) in [6.45, 7) is 1.12. The first-order valence-electron chi connectivity index (χ1n) is 9.03. The molecule has 0 bridgehead atoms. The Balaban J connectivity index is 1.36. The summed E-state index contributed by atoms with van der Waals surface area (Å²) in [6, 6.07) is 16.3. The zero-order valence-corrected chi connectivity index (χ0v) is 18.4. The summed E-state index contributed by atoms with van der Waals surface area (Å²) in [6.07, 6.45) is 0.591. The highest BCUT2D eigenvalue weighted by atomic mass is 32.2. The monoisotopic (exact) mass is 463 g/mol. The number of rotatable bonds is 10. The Labute approximate surface area is 183 Å². The van der Waals surface area contributed by atoms with Crippen molar-refractivity contribution in [1.29, 1.82) is 0 Å². The van der Waals surface area contributed by atoms with Gasteiger partial charge in [-0.3, -0.25) is 4.79 Å². The van der Waals surface area contributed by atoms with Crippen LogP contribution in [0.15, 0.2) is 63.8 Å². The summed E-state index contributed by atoms with van der Waals surface area (Å²) in [5, 5.41) is 20.0. The quantitative estimate of drug-likeness (QED) is 0.394. The minimum absolute atomic E-state index is 0.0707. The number of primary sulfonamides is 1. The average Bonchev–Trinajstić information content (AvgIpc) is 3.19. The van der Waals surface area contributed by atoms with Crippen LogP contribution >= 0.6 is 23.1 Å². The fourth-order valence-corrected chi connectivity index (χ4v) is 4.58. The van der Waals surface area contributed by atoms with E-state index in [1.165, 1.54) is 35.2 Å². The molecule has 0 atom stereocenters. The van der Waals surface area contributed by atoms with Gasteiger partial charge in [-0.2, -0.15) is 0 Å².